The van der Waals surface area contributed by atoms with Gasteiger partial charge in [0, 0.05) is 31.2 Å². The Balaban J connectivity index is 2.31. The van der Waals surface area contributed by atoms with Gasteiger partial charge < -0.3 is 9.80 Å². The third-order valence-corrected chi connectivity index (χ3v) is 3.73. The molecular weight excluding hydrogens is 236 g/mol. The van der Waals surface area contributed by atoms with Crippen LogP contribution >= 0.6 is 11.6 Å². The third-order valence-electron chi connectivity index (χ3n) is 3.42. The van der Waals surface area contributed by atoms with E-state index in [-0.39, 0.29) is 0 Å². The lowest BCUT2D eigenvalue weighted by Crippen LogP contribution is -2.50. The van der Waals surface area contributed by atoms with E-state index in [1.807, 2.05) is 18.2 Å². The summed E-state index contributed by atoms with van der Waals surface area (Å²) in [6.07, 6.45) is 0.879. The first-order valence-corrected chi connectivity index (χ1v) is 6.20. The van der Waals surface area contributed by atoms with Crippen molar-refractivity contribution in [2.24, 2.45) is 0 Å². The number of halogens is 1. The summed E-state index contributed by atoms with van der Waals surface area (Å²) in [4.78, 5) is 15.6. The number of likely N-dealkylation sites (N-methyl/N-ethyl adjacent to an activating group) is 1. The van der Waals surface area contributed by atoms with E-state index in [0.29, 0.717) is 16.6 Å². The molecule has 1 fully saturated rings. The average molecular weight is 253 g/mol. The van der Waals surface area contributed by atoms with E-state index in [4.69, 9.17) is 11.6 Å². The van der Waals surface area contributed by atoms with Gasteiger partial charge in [0.05, 0.1) is 10.7 Å². The minimum atomic E-state index is 0.472. The maximum Gasteiger partial charge on any atom is 0.152 e. The average Bonchev–Trinajstić information content (AvgIpc) is 2.32. The Morgan fingerprint density at radius 2 is 2.18 bits per heavy atom. The summed E-state index contributed by atoms with van der Waals surface area (Å²) in [5.41, 5.74) is 1.55. The zero-order valence-electron chi connectivity index (χ0n) is 10.2. The first kappa shape index (κ1) is 12.4. The number of hydrogen-bond donors (Lipinski definition) is 0. The number of piperazine rings is 1. The van der Waals surface area contributed by atoms with Gasteiger partial charge in [0.1, 0.15) is 0 Å². The van der Waals surface area contributed by atoms with Crippen molar-refractivity contribution in [1.82, 2.24) is 4.90 Å². The fraction of sp³-hybridized carbons (Fsp3) is 0.462. The first-order chi connectivity index (χ1) is 8.13. The van der Waals surface area contributed by atoms with Crippen LogP contribution in [0.15, 0.2) is 18.2 Å². The van der Waals surface area contributed by atoms with Crippen LogP contribution in [0.1, 0.15) is 17.3 Å². The molecule has 0 aromatic heterocycles. The number of carbonyl (C=O) groups excluding carboxylic acids is 1. The van der Waals surface area contributed by atoms with Crippen LogP contribution < -0.4 is 4.90 Å². The van der Waals surface area contributed by atoms with Gasteiger partial charge in [0.25, 0.3) is 0 Å². The predicted octanol–water partition coefficient (Wildman–Crippen LogP) is 2.29. The van der Waals surface area contributed by atoms with E-state index in [9.17, 15) is 4.79 Å². The van der Waals surface area contributed by atoms with Gasteiger partial charge >= 0.3 is 0 Å². The lowest BCUT2D eigenvalue weighted by atomic mass is 10.1. The molecule has 2 rings (SSSR count). The first-order valence-electron chi connectivity index (χ1n) is 5.82. The number of para-hydroxylation sites is 1. The van der Waals surface area contributed by atoms with Crippen molar-refractivity contribution in [2.75, 3.05) is 31.6 Å². The summed E-state index contributed by atoms with van der Waals surface area (Å²) in [6.45, 7) is 4.99. The molecule has 1 aliphatic heterocycles. The van der Waals surface area contributed by atoms with Gasteiger partial charge in [-0.1, -0.05) is 17.7 Å². The fourth-order valence-corrected chi connectivity index (χ4v) is 2.51. The van der Waals surface area contributed by atoms with Crippen molar-refractivity contribution < 1.29 is 4.79 Å². The number of nitrogens with zero attached hydrogens (tertiary/aromatic N) is 2. The molecule has 1 saturated heterocycles. The molecule has 0 saturated carbocycles. The molecule has 0 N–H and O–H groups in total. The SMILES string of the molecule is CC1CN(c2c(Cl)cccc2C=O)CCN1C. The third kappa shape index (κ3) is 2.45. The monoisotopic (exact) mass is 252 g/mol. The van der Waals surface area contributed by atoms with E-state index >= 15 is 0 Å². The Labute approximate surface area is 107 Å². The Morgan fingerprint density at radius 3 is 2.82 bits per heavy atom. The summed E-state index contributed by atoms with van der Waals surface area (Å²) in [7, 11) is 2.12. The molecule has 1 aromatic rings. The maximum absolute atomic E-state index is 11.1. The van der Waals surface area contributed by atoms with Crippen molar-refractivity contribution in [3.05, 3.63) is 28.8 Å². The Kier molecular flexibility index (Phi) is 3.69. The van der Waals surface area contributed by atoms with Crippen molar-refractivity contribution in [3.8, 4) is 0 Å². The minimum absolute atomic E-state index is 0.472. The molecule has 0 aliphatic carbocycles. The van der Waals surface area contributed by atoms with Crippen molar-refractivity contribution >= 4 is 23.6 Å². The number of benzene rings is 1. The molecule has 17 heavy (non-hydrogen) atoms. The van der Waals surface area contributed by atoms with Crippen molar-refractivity contribution in [2.45, 2.75) is 13.0 Å². The van der Waals surface area contributed by atoms with Gasteiger partial charge in [-0.3, -0.25) is 4.79 Å². The van der Waals surface area contributed by atoms with Gasteiger partial charge in [0.2, 0.25) is 0 Å². The standard InChI is InChI=1S/C13H17ClN2O/c1-10-8-16(7-6-15(10)2)13-11(9-17)4-3-5-12(13)14/h3-5,9-10H,6-8H2,1-2H3. The van der Waals surface area contributed by atoms with E-state index < -0.39 is 0 Å². The molecule has 1 aliphatic rings. The van der Waals surface area contributed by atoms with Crippen molar-refractivity contribution in [1.29, 1.82) is 0 Å². The summed E-state index contributed by atoms with van der Waals surface area (Å²) in [5.74, 6) is 0. The largest absolute Gasteiger partial charge is 0.367 e. The quantitative estimate of drug-likeness (QED) is 0.755. The van der Waals surface area contributed by atoms with Crippen LogP contribution in [0.25, 0.3) is 0 Å². The van der Waals surface area contributed by atoms with Gasteiger partial charge in [-0.05, 0) is 26.1 Å². The summed E-state index contributed by atoms with van der Waals surface area (Å²) in [6, 6.07) is 5.94. The van der Waals surface area contributed by atoms with Crippen molar-refractivity contribution in [3.63, 3.8) is 0 Å². The number of anilines is 1. The van der Waals surface area contributed by atoms with Gasteiger partial charge in [-0.2, -0.15) is 0 Å². The van der Waals surface area contributed by atoms with E-state index in [2.05, 4.69) is 23.8 Å². The lowest BCUT2D eigenvalue weighted by molar-refractivity contribution is 0.112. The van der Waals surface area contributed by atoms with Crippen LogP contribution in [0.5, 0.6) is 0 Å². The second kappa shape index (κ2) is 5.07. The Morgan fingerprint density at radius 1 is 1.41 bits per heavy atom. The molecule has 0 bridgehead atoms. The topological polar surface area (TPSA) is 23.6 Å². The molecule has 1 atom stereocenters. The fourth-order valence-electron chi connectivity index (χ4n) is 2.21. The molecule has 1 aromatic carbocycles. The molecule has 1 heterocycles. The van der Waals surface area contributed by atoms with Crippen LogP contribution in [0.3, 0.4) is 0 Å². The molecular formula is C13H17ClN2O. The van der Waals surface area contributed by atoms with Crippen LogP contribution in [-0.4, -0.2) is 43.9 Å². The van der Waals surface area contributed by atoms with E-state index in [1.54, 1.807) is 0 Å². The Hall–Kier alpha value is -1.06. The van der Waals surface area contributed by atoms with E-state index in [1.165, 1.54) is 0 Å². The second-order valence-electron chi connectivity index (χ2n) is 4.57. The lowest BCUT2D eigenvalue weighted by Gasteiger charge is -2.39. The highest BCUT2D eigenvalue weighted by molar-refractivity contribution is 6.33. The normalized spacial score (nSPS) is 21.6. The zero-order valence-corrected chi connectivity index (χ0v) is 10.9. The number of carbonyl (C=O) groups is 1. The molecule has 3 nitrogen and oxygen atoms in total. The second-order valence-corrected chi connectivity index (χ2v) is 4.98. The number of rotatable bonds is 2. The van der Waals surface area contributed by atoms with Crippen LogP contribution in [0.2, 0.25) is 5.02 Å². The molecule has 1 unspecified atom stereocenters. The Bertz CT molecular complexity index is 422. The van der Waals surface area contributed by atoms with Gasteiger partial charge in [-0.15, -0.1) is 0 Å². The van der Waals surface area contributed by atoms with E-state index in [0.717, 1.165) is 31.6 Å². The number of aldehydes is 1. The van der Waals surface area contributed by atoms with Gasteiger partial charge in [-0.25, -0.2) is 0 Å². The highest BCUT2D eigenvalue weighted by Gasteiger charge is 2.23. The smallest absolute Gasteiger partial charge is 0.152 e. The predicted molar refractivity (Wildman–Crippen MR) is 71.1 cm³/mol. The highest BCUT2D eigenvalue weighted by Crippen LogP contribution is 2.30. The molecule has 0 amide bonds. The summed E-state index contributed by atoms with van der Waals surface area (Å²) in [5, 5.41) is 0.659. The molecule has 0 radical (unpaired) electrons. The van der Waals surface area contributed by atoms with Gasteiger partial charge in [0.15, 0.2) is 6.29 Å². The molecule has 92 valence electrons. The summed E-state index contributed by atoms with van der Waals surface area (Å²) >= 11 is 6.21. The maximum atomic E-state index is 11.1. The van der Waals surface area contributed by atoms with Crippen LogP contribution in [-0.2, 0) is 0 Å². The highest BCUT2D eigenvalue weighted by atomic mass is 35.5. The number of hydrogen-bond acceptors (Lipinski definition) is 3. The zero-order chi connectivity index (χ0) is 12.4. The molecule has 0 spiro atoms. The van der Waals surface area contributed by atoms with Crippen LogP contribution in [0, 0.1) is 0 Å². The van der Waals surface area contributed by atoms with Crippen LogP contribution in [0.4, 0.5) is 5.69 Å². The molecule has 4 heteroatoms. The minimum Gasteiger partial charge on any atom is -0.367 e. The summed E-state index contributed by atoms with van der Waals surface area (Å²) < 4.78 is 0.